The predicted octanol–water partition coefficient (Wildman–Crippen LogP) is 3.57. The molecule has 0 saturated heterocycles. The fourth-order valence-corrected chi connectivity index (χ4v) is 2.48. The van der Waals surface area contributed by atoms with Crippen molar-refractivity contribution in [2.75, 3.05) is 6.26 Å². The third-order valence-electron chi connectivity index (χ3n) is 2.99. The van der Waals surface area contributed by atoms with Crippen LogP contribution in [0, 0.1) is 11.6 Å². The Hall–Kier alpha value is -1.95. The first-order valence-corrected chi connectivity index (χ1v) is 7.50. The number of hydrogen-bond acceptors (Lipinski definition) is 3. The molecule has 1 heterocycles. The van der Waals surface area contributed by atoms with Crippen molar-refractivity contribution in [2.24, 2.45) is 0 Å². The molecule has 6 heteroatoms. The van der Waals surface area contributed by atoms with E-state index in [-0.39, 0.29) is 11.5 Å². The molecule has 110 valence electrons. The van der Waals surface area contributed by atoms with Gasteiger partial charge in [0.15, 0.2) is 0 Å². The largest absolute Gasteiger partial charge is 0.345 e. The van der Waals surface area contributed by atoms with Crippen molar-refractivity contribution in [3.05, 3.63) is 59.3 Å². The zero-order chi connectivity index (χ0) is 15.4. The number of aromatic nitrogens is 1. The Balaban J connectivity index is 2.19. The van der Waals surface area contributed by atoms with E-state index in [0.717, 1.165) is 6.07 Å². The lowest BCUT2D eigenvalue weighted by atomic mass is 10.1. The van der Waals surface area contributed by atoms with Crippen LogP contribution in [0.1, 0.15) is 28.9 Å². The average molecular weight is 308 g/mol. The highest BCUT2D eigenvalue weighted by Gasteiger charge is 2.17. The van der Waals surface area contributed by atoms with E-state index < -0.39 is 17.7 Å². The summed E-state index contributed by atoms with van der Waals surface area (Å²) in [5, 5.41) is 3.29. The third-order valence-corrected chi connectivity index (χ3v) is 3.70. The summed E-state index contributed by atoms with van der Waals surface area (Å²) in [7, 11) is 0. The first-order valence-electron chi connectivity index (χ1n) is 6.27. The number of nitrogens with zero attached hydrogens (tertiary/aromatic N) is 1. The second-order valence-electron chi connectivity index (χ2n) is 4.42. The summed E-state index contributed by atoms with van der Waals surface area (Å²) in [6.45, 7) is 1.64. The van der Waals surface area contributed by atoms with Crippen molar-refractivity contribution < 1.29 is 13.6 Å². The van der Waals surface area contributed by atoms with Gasteiger partial charge >= 0.3 is 0 Å². The van der Waals surface area contributed by atoms with Gasteiger partial charge in [-0.25, -0.2) is 13.8 Å². The van der Waals surface area contributed by atoms with E-state index in [2.05, 4.69) is 10.3 Å². The number of thioether (sulfide) groups is 1. The number of amides is 1. The van der Waals surface area contributed by atoms with E-state index >= 15 is 0 Å². The number of pyridine rings is 1. The highest BCUT2D eigenvalue weighted by molar-refractivity contribution is 7.98. The number of carbonyl (C=O) groups is 1. The Labute approximate surface area is 125 Å². The molecule has 2 aromatic rings. The molecule has 1 aromatic heterocycles. The first-order chi connectivity index (χ1) is 10.0. The topological polar surface area (TPSA) is 42.0 Å². The van der Waals surface area contributed by atoms with Crippen molar-refractivity contribution >= 4 is 17.7 Å². The van der Waals surface area contributed by atoms with E-state index in [1.54, 1.807) is 25.3 Å². The molecule has 0 bridgehead atoms. The van der Waals surface area contributed by atoms with Gasteiger partial charge in [0.1, 0.15) is 16.7 Å². The summed E-state index contributed by atoms with van der Waals surface area (Å²) in [5.41, 5.74) is 0.665. The molecule has 1 unspecified atom stereocenters. The van der Waals surface area contributed by atoms with Gasteiger partial charge in [0, 0.05) is 17.8 Å². The van der Waals surface area contributed by atoms with Gasteiger partial charge in [-0.05, 0) is 31.4 Å². The van der Waals surface area contributed by atoms with E-state index in [0.29, 0.717) is 10.6 Å². The fourth-order valence-electron chi connectivity index (χ4n) is 1.93. The summed E-state index contributed by atoms with van der Waals surface area (Å²) in [4.78, 5) is 16.3. The van der Waals surface area contributed by atoms with Crippen molar-refractivity contribution in [1.82, 2.24) is 10.3 Å². The van der Waals surface area contributed by atoms with Gasteiger partial charge in [-0.15, -0.1) is 11.8 Å². The Bertz CT molecular complexity index is 664. The highest BCUT2D eigenvalue weighted by atomic mass is 32.2. The maximum atomic E-state index is 13.7. The summed E-state index contributed by atoms with van der Waals surface area (Å²) in [6.07, 6.45) is 3.42. The number of rotatable bonds is 4. The molecular weight excluding hydrogens is 294 g/mol. The van der Waals surface area contributed by atoms with Crippen LogP contribution in [0.2, 0.25) is 0 Å². The van der Waals surface area contributed by atoms with E-state index in [4.69, 9.17) is 0 Å². The predicted molar refractivity (Wildman–Crippen MR) is 78.3 cm³/mol. The maximum Gasteiger partial charge on any atom is 0.254 e. The Morgan fingerprint density at radius 2 is 2.10 bits per heavy atom. The molecule has 1 amide bonds. The minimum atomic E-state index is -0.681. The van der Waals surface area contributed by atoms with E-state index in [1.807, 2.05) is 6.26 Å². The van der Waals surface area contributed by atoms with Gasteiger partial charge in [-0.2, -0.15) is 0 Å². The van der Waals surface area contributed by atoms with E-state index in [9.17, 15) is 13.6 Å². The van der Waals surface area contributed by atoms with Crippen LogP contribution in [0.25, 0.3) is 0 Å². The third kappa shape index (κ3) is 3.58. The zero-order valence-corrected chi connectivity index (χ0v) is 12.4. The highest BCUT2D eigenvalue weighted by Crippen LogP contribution is 2.20. The Morgan fingerprint density at radius 1 is 1.33 bits per heavy atom. The molecule has 21 heavy (non-hydrogen) atoms. The van der Waals surface area contributed by atoms with Crippen molar-refractivity contribution in [3.8, 4) is 0 Å². The van der Waals surface area contributed by atoms with Gasteiger partial charge in [0.25, 0.3) is 5.91 Å². The van der Waals surface area contributed by atoms with Gasteiger partial charge in [-0.1, -0.05) is 6.07 Å². The van der Waals surface area contributed by atoms with Gasteiger partial charge < -0.3 is 5.32 Å². The number of halogens is 2. The van der Waals surface area contributed by atoms with Crippen LogP contribution in [-0.4, -0.2) is 17.1 Å². The monoisotopic (exact) mass is 308 g/mol. The minimum absolute atomic E-state index is 0.236. The lowest BCUT2D eigenvalue weighted by molar-refractivity contribution is 0.0935. The molecule has 1 atom stereocenters. The molecule has 1 N–H and O–H groups in total. The second kappa shape index (κ2) is 6.67. The first kappa shape index (κ1) is 15.4. The van der Waals surface area contributed by atoms with Gasteiger partial charge in [-0.3, -0.25) is 4.79 Å². The molecule has 0 aliphatic heterocycles. The second-order valence-corrected chi connectivity index (χ2v) is 5.22. The number of nitrogens with one attached hydrogen (secondary N) is 1. The quantitative estimate of drug-likeness (QED) is 0.878. The van der Waals surface area contributed by atoms with Gasteiger partial charge in [0.2, 0.25) is 0 Å². The SMILES string of the molecule is CSc1ncccc1C(=O)NC(C)c1ccc(F)cc1F. The zero-order valence-electron chi connectivity index (χ0n) is 11.6. The summed E-state index contributed by atoms with van der Waals surface area (Å²) < 4.78 is 26.6. The van der Waals surface area contributed by atoms with Crippen molar-refractivity contribution in [2.45, 2.75) is 18.0 Å². The van der Waals surface area contributed by atoms with Crippen LogP contribution in [0.15, 0.2) is 41.6 Å². The van der Waals surface area contributed by atoms with E-state index in [1.165, 1.54) is 23.9 Å². The normalized spacial score (nSPS) is 12.0. The van der Waals surface area contributed by atoms with Crippen molar-refractivity contribution in [3.63, 3.8) is 0 Å². The number of carbonyl (C=O) groups excluding carboxylic acids is 1. The fraction of sp³-hybridized carbons (Fsp3) is 0.200. The lowest BCUT2D eigenvalue weighted by Gasteiger charge is -2.16. The minimum Gasteiger partial charge on any atom is -0.345 e. The lowest BCUT2D eigenvalue weighted by Crippen LogP contribution is -2.27. The molecule has 0 saturated carbocycles. The number of hydrogen-bond donors (Lipinski definition) is 1. The summed E-state index contributed by atoms with van der Waals surface area (Å²) >= 11 is 1.36. The van der Waals surface area contributed by atoms with Crippen LogP contribution in [0.3, 0.4) is 0 Å². The van der Waals surface area contributed by atoms with Crippen LogP contribution in [0.4, 0.5) is 8.78 Å². The van der Waals surface area contributed by atoms with Crippen LogP contribution >= 0.6 is 11.8 Å². The summed E-state index contributed by atoms with van der Waals surface area (Å²) in [5.74, 6) is -1.67. The molecule has 0 spiro atoms. The maximum absolute atomic E-state index is 13.7. The molecule has 1 aromatic carbocycles. The summed E-state index contributed by atoms with van der Waals surface area (Å²) in [6, 6.07) is 6.04. The molecule has 3 nitrogen and oxygen atoms in total. The molecule has 0 radical (unpaired) electrons. The number of benzene rings is 1. The van der Waals surface area contributed by atoms with Gasteiger partial charge in [0.05, 0.1) is 11.6 Å². The van der Waals surface area contributed by atoms with Crippen LogP contribution < -0.4 is 5.32 Å². The Morgan fingerprint density at radius 3 is 2.76 bits per heavy atom. The average Bonchev–Trinajstić information content (AvgIpc) is 2.46. The van der Waals surface area contributed by atoms with Crippen LogP contribution in [-0.2, 0) is 0 Å². The molecule has 0 aliphatic carbocycles. The molecule has 0 aliphatic rings. The van der Waals surface area contributed by atoms with Crippen LogP contribution in [0.5, 0.6) is 0 Å². The Kier molecular flexibility index (Phi) is 4.90. The standard InChI is InChI=1S/C15H14F2N2OS/c1-9(11-6-5-10(16)8-13(11)17)19-14(20)12-4-3-7-18-15(12)21-2/h3-9H,1-2H3,(H,19,20). The molecular formula is C15H14F2N2OS. The molecule has 2 rings (SSSR count). The molecule has 0 fully saturated rings. The van der Waals surface area contributed by atoms with Crippen molar-refractivity contribution in [1.29, 1.82) is 0 Å². The smallest absolute Gasteiger partial charge is 0.254 e.